The molecule has 2 nitrogen and oxygen atoms in total. The van der Waals surface area contributed by atoms with Gasteiger partial charge in [0.2, 0.25) is 18.8 Å². The zero-order valence-electron chi connectivity index (χ0n) is 18.3. The Kier molecular flexibility index (Phi) is 3.35. The minimum Gasteiger partial charge on any atom is -0.120 e. The highest BCUT2D eigenvalue weighted by Crippen LogP contribution is 2.89. The van der Waals surface area contributed by atoms with Gasteiger partial charge in [-0.15, -0.1) is 16.2 Å². The van der Waals surface area contributed by atoms with Gasteiger partial charge in [-0.25, -0.2) is 0 Å². The molecule has 1 aliphatic heterocycles. The first kappa shape index (κ1) is 18.0. The SMILES string of the molecule is CC(C)c1ccc2ccc(C(C)Cl)c([N+]3=C=[N+](C45CC6CC7CC(C4)C765)CC3)c2c1. The largest absolute Gasteiger partial charge is 0.484 e. The van der Waals surface area contributed by atoms with Crippen LogP contribution in [0.15, 0.2) is 30.3 Å². The van der Waals surface area contributed by atoms with Crippen LogP contribution in [0.1, 0.15) is 68.9 Å². The Balaban J connectivity index is 1.41. The van der Waals surface area contributed by atoms with E-state index in [0.717, 1.165) is 30.8 Å². The van der Waals surface area contributed by atoms with Crippen LogP contribution in [-0.2, 0) is 0 Å². The van der Waals surface area contributed by atoms with Crippen LogP contribution in [0, 0.1) is 23.2 Å². The first-order chi connectivity index (χ1) is 14.5. The fraction of sp³-hybridized carbons (Fsp3) is 0.593. The van der Waals surface area contributed by atoms with Crippen LogP contribution in [0.5, 0.6) is 0 Å². The van der Waals surface area contributed by atoms with E-state index in [4.69, 9.17) is 11.6 Å². The average molecular weight is 419 g/mol. The fourth-order valence-corrected chi connectivity index (χ4v) is 8.74. The smallest absolute Gasteiger partial charge is 0.120 e. The average Bonchev–Trinajstić information content (AvgIpc) is 3.14. The maximum atomic E-state index is 6.70. The minimum atomic E-state index is -0.0106. The lowest BCUT2D eigenvalue weighted by atomic mass is 9.15. The molecule has 0 N–H and O–H groups in total. The van der Waals surface area contributed by atoms with E-state index in [1.807, 2.05) is 0 Å². The highest BCUT2D eigenvalue weighted by Gasteiger charge is 2.93. The van der Waals surface area contributed by atoms with Crippen molar-refractivity contribution >= 4 is 34.1 Å². The highest BCUT2D eigenvalue weighted by atomic mass is 35.5. The van der Waals surface area contributed by atoms with Crippen molar-refractivity contribution in [2.75, 3.05) is 13.1 Å². The van der Waals surface area contributed by atoms with Gasteiger partial charge in [0, 0.05) is 23.8 Å². The predicted molar refractivity (Wildman–Crippen MR) is 121 cm³/mol. The molecule has 5 aliphatic rings. The van der Waals surface area contributed by atoms with Crippen molar-refractivity contribution in [3.8, 4) is 0 Å². The van der Waals surface area contributed by atoms with E-state index < -0.39 is 0 Å². The van der Waals surface area contributed by atoms with E-state index >= 15 is 0 Å². The second-order valence-corrected chi connectivity index (χ2v) is 11.7. The Labute approximate surface area is 184 Å². The van der Waals surface area contributed by atoms with Crippen LogP contribution in [0.25, 0.3) is 10.8 Å². The molecule has 0 aromatic heterocycles. The molecule has 4 fully saturated rings. The third-order valence-corrected chi connectivity index (χ3v) is 10.1. The molecule has 2 aromatic carbocycles. The van der Waals surface area contributed by atoms with Gasteiger partial charge in [-0.05, 0) is 60.5 Å². The first-order valence-corrected chi connectivity index (χ1v) is 12.4. The topological polar surface area (TPSA) is 6.02 Å². The standard InChI is InChI=1S/C27H31ClN2/c1-16(2)19-5-4-18-6-7-23(17(3)28)25(24(18)10-19)29-8-9-30(15-29)26-13-21-11-20-12-22(14-26)27(20,21)26/h4-7,10,16-17,20-22H,8-9,11-14H2,1-3H3/q+2. The van der Waals surface area contributed by atoms with Crippen LogP contribution in [0.4, 0.5) is 5.69 Å². The number of halogens is 1. The van der Waals surface area contributed by atoms with Crippen LogP contribution in [0.3, 0.4) is 0 Å². The summed E-state index contributed by atoms with van der Waals surface area (Å²) in [6.45, 7) is 8.79. The van der Waals surface area contributed by atoms with E-state index in [-0.39, 0.29) is 5.38 Å². The Hall–Kier alpha value is -1.63. The molecule has 4 saturated carbocycles. The Morgan fingerprint density at radius 1 is 1.00 bits per heavy atom. The van der Waals surface area contributed by atoms with Crippen LogP contribution >= 0.6 is 11.6 Å². The zero-order valence-corrected chi connectivity index (χ0v) is 19.0. The molecule has 1 spiro atoms. The summed E-state index contributed by atoms with van der Waals surface area (Å²) in [6.07, 6.45) is 5.88. The monoisotopic (exact) mass is 418 g/mol. The molecule has 154 valence electrons. The molecule has 4 aliphatic carbocycles. The summed E-state index contributed by atoms with van der Waals surface area (Å²) in [6, 6.07) is 15.3. The number of rotatable bonds is 4. The molecule has 0 amide bonds. The van der Waals surface area contributed by atoms with E-state index in [0.29, 0.717) is 16.9 Å². The summed E-state index contributed by atoms with van der Waals surface area (Å²) >= 11 is 6.70. The van der Waals surface area contributed by atoms with Gasteiger partial charge in [-0.1, -0.05) is 42.7 Å². The van der Waals surface area contributed by atoms with Crippen molar-refractivity contribution in [2.24, 2.45) is 23.2 Å². The molecule has 0 radical (unpaired) electrons. The van der Waals surface area contributed by atoms with Crippen LogP contribution in [-0.4, -0.2) is 33.8 Å². The van der Waals surface area contributed by atoms with Gasteiger partial charge in [-0.2, -0.15) is 0 Å². The molecule has 3 atom stereocenters. The second-order valence-electron chi connectivity index (χ2n) is 11.1. The molecule has 2 aromatic rings. The van der Waals surface area contributed by atoms with E-state index in [1.54, 1.807) is 0 Å². The summed E-state index contributed by atoms with van der Waals surface area (Å²) in [5.41, 5.74) is 5.09. The molecule has 3 heteroatoms. The number of alkyl halides is 1. The van der Waals surface area contributed by atoms with Gasteiger partial charge in [0.15, 0.2) is 5.54 Å². The third kappa shape index (κ3) is 1.83. The zero-order chi connectivity index (χ0) is 20.4. The van der Waals surface area contributed by atoms with Crippen molar-refractivity contribution in [1.82, 2.24) is 0 Å². The van der Waals surface area contributed by atoms with E-state index in [2.05, 4.69) is 66.3 Å². The number of fused-ring (bicyclic) bond motifs is 1. The van der Waals surface area contributed by atoms with Crippen molar-refractivity contribution in [2.45, 2.75) is 63.3 Å². The van der Waals surface area contributed by atoms with Crippen molar-refractivity contribution < 1.29 is 9.15 Å². The van der Waals surface area contributed by atoms with Crippen LogP contribution in [0.2, 0.25) is 0 Å². The molecule has 7 rings (SSSR count). The molecule has 30 heavy (non-hydrogen) atoms. The molecular weight excluding hydrogens is 388 g/mol. The quantitative estimate of drug-likeness (QED) is 0.406. The summed E-state index contributed by atoms with van der Waals surface area (Å²) < 4.78 is 5.07. The predicted octanol–water partition coefficient (Wildman–Crippen LogP) is 6.30. The van der Waals surface area contributed by atoms with Crippen LogP contribution < -0.4 is 0 Å². The summed E-state index contributed by atoms with van der Waals surface area (Å²) in [5.74, 6) is 3.63. The fourth-order valence-electron chi connectivity index (χ4n) is 8.57. The van der Waals surface area contributed by atoms with E-state index in [1.165, 1.54) is 53.3 Å². The molecule has 1 heterocycles. The van der Waals surface area contributed by atoms with E-state index in [9.17, 15) is 0 Å². The summed E-state index contributed by atoms with van der Waals surface area (Å²) in [5, 5.41) is 2.63. The molecule has 3 unspecified atom stereocenters. The lowest BCUT2D eigenvalue weighted by Crippen LogP contribution is -2.91. The Morgan fingerprint density at radius 3 is 2.37 bits per heavy atom. The highest BCUT2D eigenvalue weighted by molar-refractivity contribution is 6.21. The Bertz CT molecular complexity index is 1150. The maximum absolute atomic E-state index is 6.70. The maximum Gasteiger partial charge on any atom is 0.484 e. The molecule has 0 saturated heterocycles. The first-order valence-electron chi connectivity index (χ1n) is 12.0. The normalized spacial score (nSPS) is 38.5. The lowest BCUT2D eigenvalue weighted by molar-refractivity contribution is -0.707. The minimum absolute atomic E-state index is 0.0106. The number of nitrogens with zero attached hydrogens (tertiary/aromatic N) is 2. The lowest BCUT2D eigenvalue weighted by Gasteiger charge is -2.86. The summed E-state index contributed by atoms with van der Waals surface area (Å²) in [7, 11) is 0. The van der Waals surface area contributed by atoms with Gasteiger partial charge in [0.05, 0.1) is 10.8 Å². The van der Waals surface area contributed by atoms with Gasteiger partial charge in [0.25, 0.3) is 0 Å². The summed E-state index contributed by atoms with van der Waals surface area (Å²) in [4.78, 5) is 0. The van der Waals surface area contributed by atoms with Gasteiger partial charge in [-0.3, -0.25) is 0 Å². The van der Waals surface area contributed by atoms with Gasteiger partial charge in [0.1, 0.15) is 0 Å². The second kappa shape index (κ2) is 5.59. The number of hydrogen-bond donors (Lipinski definition) is 0. The van der Waals surface area contributed by atoms with Gasteiger partial charge < -0.3 is 0 Å². The van der Waals surface area contributed by atoms with Crippen molar-refractivity contribution in [1.29, 1.82) is 0 Å². The van der Waals surface area contributed by atoms with Crippen molar-refractivity contribution in [3.05, 3.63) is 41.5 Å². The third-order valence-electron chi connectivity index (χ3n) is 9.86. The van der Waals surface area contributed by atoms with Crippen molar-refractivity contribution in [3.63, 3.8) is 0 Å². The Morgan fingerprint density at radius 2 is 1.73 bits per heavy atom. The number of benzene rings is 2. The number of hydrogen-bond acceptors (Lipinski definition) is 0. The van der Waals surface area contributed by atoms with Gasteiger partial charge >= 0.3 is 6.01 Å². The molecule has 0 bridgehead atoms. The molecular formula is C27H31ClN2+2.